The molecule has 1 aliphatic rings. The zero-order valence-electron chi connectivity index (χ0n) is 16.2. The van der Waals surface area contributed by atoms with E-state index in [2.05, 4.69) is 15.0 Å². The number of hydrogen-bond acceptors (Lipinski definition) is 6. The number of carbonyl (C=O) groups excluding carboxylic acids is 1. The maximum Gasteiger partial charge on any atom is 0.237 e. The summed E-state index contributed by atoms with van der Waals surface area (Å²) in [5.74, 6) is 0.530. The zero-order chi connectivity index (χ0) is 20.4. The Labute approximate surface area is 169 Å². The predicted octanol–water partition coefficient (Wildman–Crippen LogP) is 3.75. The van der Waals surface area contributed by atoms with Crippen molar-refractivity contribution in [1.82, 2.24) is 4.98 Å². The van der Waals surface area contributed by atoms with Crippen LogP contribution in [-0.2, 0) is 20.2 Å². The molecule has 1 fully saturated rings. The number of benzene rings is 1. The van der Waals surface area contributed by atoms with Crippen molar-refractivity contribution in [2.75, 3.05) is 16.6 Å². The summed E-state index contributed by atoms with van der Waals surface area (Å²) < 4.78 is 32.2. The number of amides is 1. The third-order valence-corrected chi connectivity index (χ3v) is 7.20. The Hall–Kier alpha value is -2.13. The molecule has 152 valence electrons. The molecule has 1 aromatic carbocycles. The van der Waals surface area contributed by atoms with Crippen LogP contribution in [0.25, 0.3) is 0 Å². The number of sulfonamides is 1. The third-order valence-electron chi connectivity index (χ3n) is 4.49. The van der Waals surface area contributed by atoms with Crippen molar-refractivity contribution in [1.29, 1.82) is 0 Å². The highest BCUT2D eigenvalue weighted by atomic mass is 32.2. The van der Waals surface area contributed by atoms with Gasteiger partial charge in [0.05, 0.1) is 23.0 Å². The van der Waals surface area contributed by atoms with Crippen molar-refractivity contribution in [3.8, 4) is 5.75 Å². The van der Waals surface area contributed by atoms with Gasteiger partial charge in [0.2, 0.25) is 15.9 Å². The highest BCUT2D eigenvalue weighted by Crippen LogP contribution is 2.33. The minimum absolute atomic E-state index is 0.225. The van der Waals surface area contributed by atoms with Gasteiger partial charge in [-0.3, -0.25) is 9.52 Å². The Bertz CT molecular complexity index is 932. The predicted molar refractivity (Wildman–Crippen MR) is 112 cm³/mol. The van der Waals surface area contributed by atoms with Crippen molar-refractivity contribution in [2.24, 2.45) is 0 Å². The second-order valence-electron chi connectivity index (χ2n) is 7.34. The van der Waals surface area contributed by atoms with Crippen LogP contribution in [0.4, 0.5) is 10.8 Å². The van der Waals surface area contributed by atoms with Crippen LogP contribution >= 0.6 is 11.3 Å². The van der Waals surface area contributed by atoms with E-state index in [0.717, 1.165) is 12.2 Å². The van der Waals surface area contributed by atoms with E-state index in [1.807, 2.05) is 19.1 Å². The summed E-state index contributed by atoms with van der Waals surface area (Å²) in [6.07, 6.45) is 2.30. The summed E-state index contributed by atoms with van der Waals surface area (Å²) in [5.41, 5.74) is 0.259. The summed E-state index contributed by atoms with van der Waals surface area (Å²) in [6.45, 7) is 6.21. The first kappa shape index (κ1) is 20.6. The molecule has 1 aliphatic carbocycles. The van der Waals surface area contributed by atoms with Crippen molar-refractivity contribution in [3.63, 3.8) is 0 Å². The van der Waals surface area contributed by atoms with Gasteiger partial charge in [-0.2, -0.15) is 0 Å². The van der Waals surface area contributed by atoms with Crippen LogP contribution in [0.1, 0.15) is 45.7 Å². The number of thiazole rings is 1. The molecule has 0 radical (unpaired) electrons. The topological polar surface area (TPSA) is 97.4 Å². The average Bonchev–Trinajstić information content (AvgIpc) is 3.42. The second-order valence-corrected chi connectivity index (χ2v) is 10.2. The smallest absolute Gasteiger partial charge is 0.237 e. The number of rotatable bonds is 9. The van der Waals surface area contributed by atoms with E-state index in [0.29, 0.717) is 36.0 Å². The SMILES string of the molecule is CCCOc1ccc(NC(=O)C(C)(C)c2csc(NS(=O)(=O)C3CC3)n2)cc1. The molecular weight excluding hydrogens is 398 g/mol. The molecule has 0 atom stereocenters. The van der Waals surface area contributed by atoms with Crippen molar-refractivity contribution in [3.05, 3.63) is 35.3 Å². The van der Waals surface area contributed by atoms with Gasteiger partial charge < -0.3 is 10.1 Å². The Kier molecular flexibility index (Phi) is 5.95. The van der Waals surface area contributed by atoms with Gasteiger partial charge in [-0.1, -0.05) is 6.92 Å². The maximum atomic E-state index is 12.8. The summed E-state index contributed by atoms with van der Waals surface area (Å²) in [5, 5.41) is 4.57. The number of aromatic nitrogens is 1. The Balaban J connectivity index is 1.65. The van der Waals surface area contributed by atoms with Crippen LogP contribution in [0, 0.1) is 0 Å². The van der Waals surface area contributed by atoms with Gasteiger partial charge in [0.1, 0.15) is 5.75 Å². The average molecular weight is 424 g/mol. The normalized spacial score (nSPS) is 14.5. The van der Waals surface area contributed by atoms with E-state index < -0.39 is 15.4 Å². The molecule has 0 spiro atoms. The third kappa shape index (κ3) is 4.82. The molecule has 0 unspecified atom stereocenters. The van der Waals surface area contributed by atoms with Crippen LogP contribution in [-0.4, -0.2) is 31.2 Å². The van der Waals surface area contributed by atoms with E-state index >= 15 is 0 Å². The minimum atomic E-state index is -3.37. The minimum Gasteiger partial charge on any atom is -0.494 e. The highest BCUT2D eigenvalue weighted by molar-refractivity contribution is 7.93. The zero-order valence-corrected chi connectivity index (χ0v) is 17.8. The van der Waals surface area contributed by atoms with Gasteiger partial charge in [-0.05, 0) is 57.4 Å². The molecule has 1 amide bonds. The molecule has 7 nitrogen and oxygen atoms in total. The quantitative estimate of drug-likeness (QED) is 0.640. The number of nitrogens with one attached hydrogen (secondary N) is 2. The molecule has 9 heteroatoms. The lowest BCUT2D eigenvalue weighted by Gasteiger charge is -2.21. The Morgan fingerprint density at radius 3 is 2.57 bits per heavy atom. The molecule has 3 rings (SSSR count). The van der Waals surface area contributed by atoms with Crippen LogP contribution in [0.15, 0.2) is 29.6 Å². The fourth-order valence-electron chi connectivity index (χ4n) is 2.45. The van der Waals surface area contributed by atoms with Crippen LogP contribution in [0.2, 0.25) is 0 Å². The van der Waals surface area contributed by atoms with Crippen LogP contribution in [0.3, 0.4) is 0 Å². The van der Waals surface area contributed by atoms with Gasteiger partial charge in [0.15, 0.2) is 5.13 Å². The van der Waals surface area contributed by atoms with Crippen molar-refractivity contribution < 1.29 is 17.9 Å². The molecule has 1 aromatic heterocycles. The molecule has 28 heavy (non-hydrogen) atoms. The fraction of sp³-hybridized carbons (Fsp3) is 0.474. The summed E-state index contributed by atoms with van der Waals surface area (Å²) in [7, 11) is -3.37. The first-order valence-electron chi connectivity index (χ1n) is 9.24. The molecule has 2 N–H and O–H groups in total. The van der Waals surface area contributed by atoms with Crippen molar-refractivity contribution in [2.45, 2.75) is 50.7 Å². The van der Waals surface area contributed by atoms with Gasteiger partial charge in [-0.15, -0.1) is 11.3 Å². The number of ether oxygens (including phenoxy) is 1. The summed E-state index contributed by atoms with van der Waals surface area (Å²) in [6, 6.07) is 7.20. The Morgan fingerprint density at radius 2 is 1.96 bits per heavy atom. The van der Waals surface area contributed by atoms with Gasteiger partial charge >= 0.3 is 0 Å². The lowest BCUT2D eigenvalue weighted by atomic mass is 9.89. The lowest BCUT2D eigenvalue weighted by Crippen LogP contribution is -2.35. The number of anilines is 2. The largest absolute Gasteiger partial charge is 0.494 e. The summed E-state index contributed by atoms with van der Waals surface area (Å²) in [4.78, 5) is 17.1. The monoisotopic (exact) mass is 423 g/mol. The Morgan fingerprint density at radius 1 is 1.29 bits per heavy atom. The first-order chi connectivity index (χ1) is 13.2. The lowest BCUT2D eigenvalue weighted by molar-refractivity contribution is -0.120. The molecule has 0 bridgehead atoms. The van der Waals surface area contributed by atoms with Crippen molar-refractivity contribution >= 4 is 38.1 Å². The molecule has 0 aliphatic heterocycles. The van der Waals surface area contributed by atoms with Gasteiger partial charge in [0.25, 0.3) is 0 Å². The molecular formula is C19H25N3O4S2. The standard InChI is InChI=1S/C19H25N3O4S2/c1-4-11-26-14-7-5-13(6-8-14)20-17(23)19(2,3)16-12-27-18(21-16)22-28(24,25)15-9-10-15/h5-8,12,15H,4,9-11H2,1-3H3,(H,20,23)(H,21,22). The number of carbonyl (C=O) groups is 1. The molecule has 1 saturated carbocycles. The molecule has 2 aromatic rings. The van der Waals surface area contributed by atoms with Crippen LogP contribution < -0.4 is 14.8 Å². The van der Waals surface area contributed by atoms with E-state index in [4.69, 9.17) is 4.74 Å². The van der Waals surface area contributed by atoms with Gasteiger partial charge in [-0.25, -0.2) is 13.4 Å². The number of nitrogens with zero attached hydrogens (tertiary/aromatic N) is 1. The van der Waals surface area contributed by atoms with Crippen LogP contribution in [0.5, 0.6) is 5.75 Å². The molecule has 0 saturated heterocycles. The summed E-state index contributed by atoms with van der Waals surface area (Å²) >= 11 is 1.18. The molecule has 1 heterocycles. The fourth-order valence-corrected chi connectivity index (χ4v) is 4.92. The van der Waals surface area contributed by atoms with E-state index in [1.165, 1.54) is 11.3 Å². The van der Waals surface area contributed by atoms with E-state index in [9.17, 15) is 13.2 Å². The first-order valence-corrected chi connectivity index (χ1v) is 11.7. The van der Waals surface area contributed by atoms with Gasteiger partial charge in [0, 0.05) is 11.1 Å². The highest BCUT2D eigenvalue weighted by Gasteiger charge is 2.37. The van der Waals surface area contributed by atoms with E-state index in [-0.39, 0.29) is 11.2 Å². The maximum absolute atomic E-state index is 12.8. The second kappa shape index (κ2) is 8.08. The van der Waals surface area contributed by atoms with E-state index in [1.54, 1.807) is 31.4 Å². The number of hydrogen-bond donors (Lipinski definition) is 2.